The zero-order valence-electron chi connectivity index (χ0n) is 20.8. The van der Waals surface area contributed by atoms with Gasteiger partial charge in [-0.2, -0.15) is 18.4 Å². The number of benzene rings is 1. The van der Waals surface area contributed by atoms with Crippen LogP contribution >= 0.6 is 0 Å². The smallest absolute Gasteiger partial charge is 0.369 e. The molecule has 3 aromatic heterocycles. The van der Waals surface area contributed by atoms with Gasteiger partial charge in [-0.1, -0.05) is 12.6 Å². The molecular weight excluding hydrogens is 525 g/mol. The molecule has 1 aliphatic heterocycles. The molecule has 3 N–H and O–H groups in total. The van der Waals surface area contributed by atoms with Gasteiger partial charge < -0.3 is 16.0 Å². The number of nitrogens with one attached hydrogen (secondary N) is 1. The number of aromatic nitrogens is 4. The van der Waals surface area contributed by atoms with Crippen LogP contribution in [0.25, 0.3) is 16.9 Å². The van der Waals surface area contributed by atoms with E-state index in [1.54, 1.807) is 11.0 Å². The first-order chi connectivity index (χ1) is 19.1. The molecule has 0 saturated carbocycles. The highest BCUT2D eigenvalue weighted by molar-refractivity contribution is 6.05. The van der Waals surface area contributed by atoms with E-state index in [-0.39, 0.29) is 40.5 Å². The number of nitrogens with two attached hydrogens (primary N) is 1. The number of rotatable bonds is 5. The van der Waals surface area contributed by atoms with Gasteiger partial charge in [-0.25, -0.2) is 15.0 Å². The molecule has 1 fully saturated rings. The van der Waals surface area contributed by atoms with Crippen molar-refractivity contribution in [2.75, 3.05) is 24.1 Å². The lowest BCUT2D eigenvalue weighted by molar-refractivity contribution is -0.137. The SMILES string of the molecule is C=CC(=O)N1CCC(c2nc(-c3ccc(C(=O)Nc4cc(C#N)ccn4)c(C(F)(F)F)c3)n3c(N)nccc23)C1. The summed E-state index contributed by atoms with van der Waals surface area (Å²) in [6.07, 6.45) is -0.319. The van der Waals surface area contributed by atoms with Crippen LogP contribution < -0.4 is 11.1 Å². The third-order valence-corrected chi connectivity index (χ3v) is 6.63. The molecule has 0 aliphatic carbocycles. The Hall–Kier alpha value is -5.25. The quantitative estimate of drug-likeness (QED) is 0.360. The number of alkyl halides is 3. The van der Waals surface area contributed by atoms with Gasteiger partial charge in [-0.15, -0.1) is 0 Å². The number of nitrogens with zero attached hydrogens (tertiary/aromatic N) is 6. The predicted octanol–water partition coefficient (Wildman–Crippen LogP) is 4.02. The van der Waals surface area contributed by atoms with Crippen LogP contribution in [0, 0.1) is 11.3 Å². The number of amides is 2. The van der Waals surface area contributed by atoms with Crippen molar-refractivity contribution in [1.82, 2.24) is 24.3 Å². The summed E-state index contributed by atoms with van der Waals surface area (Å²) in [4.78, 5) is 39.2. The van der Waals surface area contributed by atoms with E-state index < -0.39 is 23.2 Å². The molecule has 202 valence electrons. The Morgan fingerprint density at radius 1 is 1.18 bits per heavy atom. The molecule has 40 heavy (non-hydrogen) atoms. The maximum atomic E-state index is 14.2. The number of hydrogen-bond donors (Lipinski definition) is 2. The maximum absolute atomic E-state index is 14.2. The molecule has 1 unspecified atom stereocenters. The number of fused-ring (bicyclic) bond motifs is 1. The fraction of sp³-hybridized carbons (Fsp3) is 0.185. The van der Waals surface area contributed by atoms with Crippen LogP contribution in [0.1, 0.15) is 39.5 Å². The van der Waals surface area contributed by atoms with E-state index in [0.29, 0.717) is 30.7 Å². The average molecular weight is 547 g/mol. The van der Waals surface area contributed by atoms with E-state index in [0.717, 1.165) is 12.1 Å². The number of carbonyl (C=O) groups is 2. The molecule has 10 nitrogen and oxygen atoms in total. The molecule has 1 aliphatic rings. The van der Waals surface area contributed by atoms with Gasteiger partial charge in [0.2, 0.25) is 11.9 Å². The van der Waals surface area contributed by atoms with Crippen LogP contribution in [-0.2, 0) is 11.0 Å². The van der Waals surface area contributed by atoms with Crippen molar-refractivity contribution in [1.29, 1.82) is 5.26 Å². The molecule has 4 heterocycles. The number of nitrogen functional groups attached to an aromatic ring is 1. The van der Waals surface area contributed by atoms with E-state index in [1.807, 2.05) is 6.07 Å². The van der Waals surface area contributed by atoms with Gasteiger partial charge in [-0.3, -0.25) is 14.0 Å². The Morgan fingerprint density at radius 2 is 1.95 bits per heavy atom. The molecule has 0 radical (unpaired) electrons. The van der Waals surface area contributed by atoms with Crippen LogP contribution in [0.15, 0.2) is 61.4 Å². The molecule has 2 amide bonds. The van der Waals surface area contributed by atoms with Crippen molar-refractivity contribution >= 4 is 29.1 Å². The van der Waals surface area contributed by atoms with Crippen molar-refractivity contribution in [3.63, 3.8) is 0 Å². The van der Waals surface area contributed by atoms with Crippen molar-refractivity contribution < 1.29 is 22.8 Å². The van der Waals surface area contributed by atoms with Crippen molar-refractivity contribution in [3.05, 3.63) is 83.8 Å². The van der Waals surface area contributed by atoms with E-state index in [4.69, 9.17) is 11.0 Å². The highest BCUT2D eigenvalue weighted by Gasteiger charge is 2.37. The van der Waals surface area contributed by atoms with E-state index >= 15 is 0 Å². The summed E-state index contributed by atoms with van der Waals surface area (Å²) in [6.45, 7) is 4.37. The van der Waals surface area contributed by atoms with E-state index in [2.05, 4.69) is 26.8 Å². The second-order valence-electron chi connectivity index (χ2n) is 9.07. The van der Waals surface area contributed by atoms with Crippen LogP contribution in [0.4, 0.5) is 24.9 Å². The largest absolute Gasteiger partial charge is 0.417 e. The molecular formula is C27H21F3N8O2. The van der Waals surface area contributed by atoms with Gasteiger partial charge in [0, 0.05) is 37.0 Å². The first kappa shape index (κ1) is 26.4. The van der Waals surface area contributed by atoms with Crippen molar-refractivity contribution in [3.8, 4) is 17.5 Å². The van der Waals surface area contributed by atoms with Crippen LogP contribution in [0.5, 0.6) is 0 Å². The Balaban J connectivity index is 1.57. The van der Waals surface area contributed by atoms with Crippen molar-refractivity contribution in [2.45, 2.75) is 18.5 Å². The van der Waals surface area contributed by atoms with Gasteiger partial charge in [0.1, 0.15) is 11.6 Å². The molecule has 0 spiro atoms. The lowest BCUT2D eigenvalue weighted by Crippen LogP contribution is -2.26. The first-order valence-corrected chi connectivity index (χ1v) is 12.0. The zero-order valence-corrected chi connectivity index (χ0v) is 20.8. The number of carbonyl (C=O) groups excluding carboxylic acids is 2. The molecule has 1 aromatic carbocycles. The highest BCUT2D eigenvalue weighted by atomic mass is 19.4. The molecule has 13 heteroatoms. The number of nitriles is 1. The van der Waals surface area contributed by atoms with Gasteiger partial charge in [0.05, 0.1) is 34.0 Å². The fourth-order valence-electron chi connectivity index (χ4n) is 4.76. The third-order valence-electron chi connectivity index (χ3n) is 6.63. The summed E-state index contributed by atoms with van der Waals surface area (Å²) in [5.74, 6) is -1.38. The van der Waals surface area contributed by atoms with Crippen LogP contribution in [-0.4, -0.2) is 49.2 Å². The summed E-state index contributed by atoms with van der Waals surface area (Å²) >= 11 is 0. The van der Waals surface area contributed by atoms with Crippen molar-refractivity contribution in [2.24, 2.45) is 0 Å². The second kappa shape index (κ2) is 10.1. The first-order valence-electron chi connectivity index (χ1n) is 12.0. The predicted molar refractivity (Wildman–Crippen MR) is 139 cm³/mol. The lowest BCUT2D eigenvalue weighted by atomic mass is 10.0. The Labute approximate surface area is 225 Å². The summed E-state index contributed by atoms with van der Waals surface area (Å²) in [5, 5.41) is 11.3. The number of imidazole rings is 1. The lowest BCUT2D eigenvalue weighted by Gasteiger charge is -2.14. The molecule has 4 aromatic rings. The highest BCUT2D eigenvalue weighted by Crippen LogP contribution is 2.38. The molecule has 1 atom stereocenters. The summed E-state index contributed by atoms with van der Waals surface area (Å²) in [5.41, 5.74) is 5.68. The molecule has 0 bridgehead atoms. The molecule has 5 rings (SSSR count). The minimum Gasteiger partial charge on any atom is -0.369 e. The van der Waals surface area contributed by atoms with Crippen LogP contribution in [0.3, 0.4) is 0 Å². The van der Waals surface area contributed by atoms with Gasteiger partial charge in [0.15, 0.2) is 0 Å². The standard InChI is InChI=1S/C27H21F3N8O2/c1-2-22(39)37-10-7-17(14-37)23-20-6-9-34-26(32)38(20)24(36-23)16-3-4-18(19(12-16)27(28,29)30)25(40)35-21-11-15(13-31)5-8-33-21/h2-6,8-9,11-12,17H,1,7,10,14H2,(H2,32,34)(H,33,35,40). The number of anilines is 2. The zero-order chi connectivity index (χ0) is 28.6. The topological polar surface area (TPSA) is 142 Å². The maximum Gasteiger partial charge on any atom is 0.417 e. The normalized spacial score (nSPS) is 15.2. The Bertz CT molecular complexity index is 1710. The average Bonchev–Trinajstić information content (AvgIpc) is 3.58. The van der Waals surface area contributed by atoms with E-state index in [9.17, 15) is 22.8 Å². The second-order valence-corrected chi connectivity index (χ2v) is 9.07. The fourth-order valence-corrected chi connectivity index (χ4v) is 4.76. The monoisotopic (exact) mass is 546 g/mol. The van der Waals surface area contributed by atoms with Gasteiger partial charge in [-0.05, 0) is 42.8 Å². The minimum absolute atomic E-state index is 0.0158. The number of halogens is 3. The number of pyridine rings is 1. The number of hydrogen-bond acceptors (Lipinski definition) is 7. The molecule has 1 saturated heterocycles. The summed E-state index contributed by atoms with van der Waals surface area (Å²) < 4.78 is 44.1. The Morgan fingerprint density at radius 3 is 2.67 bits per heavy atom. The minimum atomic E-state index is -4.89. The van der Waals surface area contributed by atoms with E-state index in [1.165, 1.54) is 41.1 Å². The number of likely N-dealkylation sites (tertiary alicyclic amines) is 1. The van der Waals surface area contributed by atoms with Crippen LogP contribution in [0.2, 0.25) is 0 Å². The van der Waals surface area contributed by atoms with Gasteiger partial charge >= 0.3 is 6.18 Å². The summed E-state index contributed by atoms with van der Waals surface area (Å²) in [6, 6.07) is 9.41. The Kier molecular flexibility index (Phi) is 6.68. The van der Waals surface area contributed by atoms with Gasteiger partial charge in [0.25, 0.3) is 5.91 Å². The summed E-state index contributed by atoms with van der Waals surface area (Å²) in [7, 11) is 0. The third kappa shape index (κ3) is 4.82.